The predicted molar refractivity (Wildman–Crippen MR) is 95.3 cm³/mol. The quantitative estimate of drug-likeness (QED) is 0.795. The zero-order chi connectivity index (χ0) is 17.9. The minimum Gasteiger partial charge on any atom is -0.449 e. The predicted octanol–water partition coefficient (Wildman–Crippen LogP) is 3.09. The first-order chi connectivity index (χ1) is 11.3. The maximum absolute atomic E-state index is 12.7. The van der Waals surface area contributed by atoms with Crippen molar-refractivity contribution >= 4 is 17.6 Å². The Morgan fingerprint density at radius 3 is 2.17 bits per heavy atom. The third kappa shape index (κ3) is 4.08. The molecule has 1 heterocycles. The van der Waals surface area contributed by atoms with E-state index in [9.17, 15) is 9.59 Å². The van der Waals surface area contributed by atoms with Gasteiger partial charge in [0.1, 0.15) is 0 Å². The first-order valence-electron chi connectivity index (χ1n) is 8.61. The highest BCUT2D eigenvalue weighted by Gasteiger charge is 2.33. The third-order valence-corrected chi connectivity index (χ3v) is 4.70. The number of likely N-dealkylation sites (tertiary alicyclic amines) is 1. The molecule has 0 radical (unpaired) electrons. The molecular formula is C19H28N2O3. The van der Waals surface area contributed by atoms with Crippen molar-refractivity contribution in [3.63, 3.8) is 0 Å². The minimum absolute atomic E-state index is 0.104. The van der Waals surface area contributed by atoms with Crippen molar-refractivity contribution in [1.82, 2.24) is 4.90 Å². The van der Waals surface area contributed by atoms with Crippen molar-refractivity contribution in [2.45, 2.75) is 58.2 Å². The lowest BCUT2D eigenvalue weighted by Crippen LogP contribution is -2.51. The Hall–Kier alpha value is -2.04. The second-order valence-electron chi connectivity index (χ2n) is 6.86. The summed E-state index contributed by atoms with van der Waals surface area (Å²) < 4.78 is 5.40. The van der Waals surface area contributed by atoms with Crippen molar-refractivity contribution < 1.29 is 14.3 Å². The van der Waals surface area contributed by atoms with Crippen LogP contribution in [0.1, 0.15) is 50.4 Å². The van der Waals surface area contributed by atoms with Crippen LogP contribution < -0.4 is 4.90 Å². The summed E-state index contributed by atoms with van der Waals surface area (Å²) in [6, 6.07) is 7.56. The van der Waals surface area contributed by atoms with E-state index in [0.29, 0.717) is 5.56 Å². The molecule has 5 heteroatoms. The average Bonchev–Trinajstić information content (AvgIpc) is 2.54. The molecule has 24 heavy (non-hydrogen) atoms. The smallest absolute Gasteiger partial charge is 0.338 e. The Morgan fingerprint density at radius 2 is 1.67 bits per heavy atom. The van der Waals surface area contributed by atoms with Gasteiger partial charge in [0.2, 0.25) is 0 Å². The number of carbonyl (C=O) groups is 2. The number of anilines is 1. The van der Waals surface area contributed by atoms with Crippen LogP contribution in [0.5, 0.6) is 0 Å². The monoisotopic (exact) mass is 332 g/mol. The summed E-state index contributed by atoms with van der Waals surface area (Å²) in [7, 11) is 3.88. The Kier molecular flexibility index (Phi) is 5.86. The largest absolute Gasteiger partial charge is 0.449 e. The lowest BCUT2D eigenvalue weighted by atomic mass is 9.97. The molecule has 0 N–H and O–H groups in total. The van der Waals surface area contributed by atoms with E-state index >= 15 is 0 Å². The zero-order valence-electron chi connectivity index (χ0n) is 15.3. The number of hydrogen-bond acceptors (Lipinski definition) is 4. The SMILES string of the molecule is C[C@@H](OC(=O)c1ccc(N(C)C)cc1)C(=O)N1[C@@H](C)CCC[C@@H]1C. The number of carbonyl (C=O) groups excluding carboxylic acids is 2. The van der Waals surface area contributed by atoms with Gasteiger partial charge in [-0.25, -0.2) is 4.79 Å². The minimum atomic E-state index is -0.769. The zero-order valence-corrected chi connectivity index (χ0v) is 15.3. The molecule has 1 saturated heterocycles. The Bertz CT molecular complexity index is 573. The molecule has 0 spiro atoms. The topological polar surface area (TPSA) is 49.9 Å². The standard InChI is InChI=1S/C19H28N2O3/c1-13-7-6-8-14(2)21(13)18(22)15(3)24-19(23)16-9-11-17(12-10-16)20(4)5/h9-15H,6-8H2,1-5H3/t13-,14-,15+/m0/s1. The number of benzene rings is 1. The van der Waals surface area contributed by atoms with Gasteiger partial charge in [-0.1, -0.05) is 0 Å². The van der Waals surface area contributed by atoms with Gasteiger partial charge >= 0.3 is 5.97 Å². The molecule has 1 fully saturated rings. The van der Waals surface area contributed by atoms with Crippen LogP contribution in [-0.2, 0) is 9.53 Å². The summed E-state index contributed by atoms with van der Waals surface area (Å²) >= 11 is 0. The van der Waals surface area contributed by atoms with Crippen molar-refractivity contribution in [2.24, 2.45) is 0 Å². The maximum Gasteiger partial charge on any atom is 0.338 e. The molecule has 1 aromatic carbocycles. The van der Waals surface area contributed by atoms with E-state index in [1.165, 1.54) is 0 Å². The molecule has 1 amide bonds. The molecule has 0 saturated carbocycles. The second kappa shape index (κ2) is 7.69. The Balaban J connectivity index is 2.01. The van der Waals surface area contributed by atoms with Crippen LogP contribution in [0.15, 0.2) is 24.3 Å². The normalized spacial score (nSPS) is 22.0. The number of rotatable bonds is 4. The summed E-state index contributed by atoms with van der Waals surface area (Å²) in [5.74, 6) is -0.563. The van der Waals surface area contributed by atoms with E-state index < -0.39 is 12.1 Å². The molecular weight excluding hydrogens is 304 g/mol. The number of amides is 1. The number of piperidine rings is 1. The van der Waals surface area contributed by atoms with E-state index in [1.807, 2.05) is 36.0 Å². The molecule has 1 aliphatic heterocycles. The third-order valence-electron chi connectivity index (χ3n) is 4.70. The molecule has 0 aliphatic carbocycles. The van der Waals surface area contributed by atoms with Crippen LogP contribution in [0, 0.1) is 0 Å². The van der Waals surface area contributed by atoms with Gasteiger partial charge in [0, 0.05) is 31.9 Å². The van der Waals surface area contributed by atoms with Gasteiger partial charge in [-0.05, 0) is 64.3 Å². The van der Waals surface area contributed by atoms with Gasteiger partial charge in [0.25, 0.3) is 5.91 Å². The van der Waals surface area contributed by atoms with Crippen molar-refractivity contribution in [3.8, 4) is 0 Å². The van der Waals surface area contributed by atoms with Crippen LogP contribution >= 0.6 is 0 Å². The molecule has 0 bridgehead atoms. The molecule has 0 aromatic heterocycles. The summed E-state index contributed by atoms with van der Waals surface area (Å²) in [6.07, 6.45) is 2.37. The first-order valence-corrected chi connectivity index (χ1v) is 8.61. The highest BCUT2D eigenvalue weighted by molar-refractivity contribution is 5.92. The van der Waals surface area contributed by atoms with Gasteiger partial charge in [0.15, 0.2) is 6.10 Å². The molecule has 1 aliphatic rings. The second-order valence-corrected chi connectivity index (χ2v) is 6.86. The van der Waals surface area contributed by atoms with E-state index in [1.54, 1.807) is 19.1 Å². The summed E-state index contributed by atoms with van der Waals surface area (Å²) in [4.78, 5) is 28.8. The number of ether oxygens (including phenoxy) is 1. The summed E-state index contributed by atoms with van der Waals surface area (Å²) in [6.45, 7) is 5.77. The molecule has 0 unspecified atom stereocenters. The number of esters is 1. The fourth-order valence-corrected chi connectivity index (χ4v) is 3.24. The number of nitrogens with zero attached hydrogens (tertiary/aromatic N) is 2. The van der Waals surface area contributed by atoms with Gasteiger partial charge < -0.3 is 14.5 Å². The maximum atomic E-state index is 12.7. The van der Waals surface area contributed by atoms with Gasteiger partial charge in [0.05, 0.1) is 5.56 Å². The molecule has 132 valence electrons. The Labute approximate surface area is 144 Å². The van der Waals surface area contributed by atoms with E-state index in [0.717, 1.165) is 24.9 Å². The Morgan fingerprint density at radius 1 is 1.12 bits per heavy atom. The van der Waals surface area contributed by atoms with E-state index in [4.69, 9.17) is 4.74 Å². The van der Waals surface area contributed by atoms with Gasteiger partial charge in [-0.3, -0.25) is 4.79 Å². The number of hydrogen-bond donors (Lipinski definition) is 0. The van der Waals surface area contributed by atoms with Crippen LogP contribution in [-0.4, -0.2) is 49.1 Å². The van der Waals surface area contributed by atoms with E-state index in [-0.39, 0.29) is 18.0 Å². The van der Waals surface area contributed by atoms with Gasteiger partial charge in [-0.2, -0.15) is 0 Å². The van der Waals surface area contributed by atoms with Crippen molar-refractivity contribution in [1.29, 1.82) is 0 Å². The van der Waals surface area contributed by atoms with E-state index in [2.05, 4.69) is 13.8 Å². The van der Waals surface area contributed by atoms with Crippen LogP contribution in [0.4, 0.5) is 5.69 Å². The summed E-state index contributed by atoms with van der Waals surface area (Å²) in [5, 5.41) is 0. The lowest BCUT2D eigenvalue weighted by molar-refractivity contribution is -0.146. The molecule has 1 aromatic rings. The first kappa shape index (κ1) is 18.3. The van der Waals surface area contributed by atoms with Crippen molar-refractivity contribution in [2.75, 3.05) is 19.0 Å². The van der Waals surface area contributed by atoms with Crippen molar-refractivity contribution in [3.05, 3.63) is 29.8 Å². The van der Waals surface area contributed by atoms with Crippen LogP contribution in [0.2, 0.25) is 0 Å². The summed E-state index contributed by atoms with van der Waals surface area (Å²) in [5.41, 5.74) is 1.46. The van der Waals surface area contributed by atoms with Gasteiger partial charge in [-0.15, -0.1) is 0 Å². The lowest BCUT2D eigenvalue weighted by Gasteiger charge is -2.40. The van der Waals surface area contributed by atoms with Crippen LogP contribution in [0.3, 0.4) is 0 Å². The fraction of sp³-hybridized carbons (Fsp3) is 0.579. The highest BCUT2D eigenvalue weighted by atomic mass is 16.5. The fourth-order valence-electron chi connectivity index (χ4n) is 3.24. The van der Waals surface area contributed by atoms with Crippen LogP contribution in [0.25, 0.3) is 0 Å². The molecule has 5 nitrogen and oxygen atoms in total. The molecule has 2 rings (SSSR count). The molecule has 3 atom stereocenters. The highest BCUT2D eigenvalue weighted by Crippen LogP contribution is 2.24. The average molecular weight is 332 g/mol.